The number of aliphatic carboxylic acids is 1. The average molecular weight is 292 g/mol. The van der Waals surface area contributed by atoms with E-state index in [0.717, 1.165) is 25.1 Å². The number of carbonyl (C=O) groups is 1. The first-order valence-corrected chi connectivity index (χ1v) is 6.38. The fourth-order valence-corrected chi connectivity index (χ4v) is 2.06. The van der Waals surface area contributed by atoms with Crippen LogP contribution in [0.4, 0.5) is 15.8 Å². The number of nitrogens with zero attached hydrogens (tertiary/aromatic N) is 1. The number of sulfonamides is 1. The van der Waals surface area contributed by atoms with E-state index in [4.69, 9.17) is 5.11 Å². The number of nitrogens with one attached hydrogen (secondary N) is 1. The second kappa shape index (κ2) is 5.18. The smallest absolute Gasteiger partial charge is 0.323 e. The molecule has 0 fully saturated rings. The fourth-order valence-electron chi connectivity index (χ4n) is 1.13. The lowest BCUT2D eigenvalue weighted by Gasteiger charge is -2.11. The van der Waals surface area contributed by atoms with Crippen molar-refractivity contribution in [1.82, 2.24) is 0 Å². The third-order valence-electron chi connectivity index (χ3n) is 2.25. The SMILES string of the molecule is CC(C(=O)O)S(=O)(=O)Nc1c(F)cccc1[N+](=O)[O-]. The standard InChI is InChI=1S/C9H9FN2O6S/c1-5(9(13)14)19(17,18)11-8-6(10)3-2-4-7(8)12(15)16/h2-5,11H,1H3,(H,13,14). The molecule has 104 valence electrons. The molecule has 1 rings (SSSR count). The van der Waals surface area contributed by atoms with Gasteiger partial charge in [0, 0.05) is 6.07 Å². The zero-order chi connectivity index (χ0) is 14.8. The van der Waals surface area contributed by atoms with Crippen LogP contribution in [0.3, 0.4) is 0 Å². The molecule has 8 nitrogen and oxygen atoms in total. The molecule has 0 radical (unpaired) electrons. The van der Waals surface area contributed by atoms with Crippen LogP contribution in [0.1, 0.15) is 6.92 Å². The summed E-state index contributed by atoms with van der Waals surface area (Å²) < 4.78 is 38.2. The van der Waals surface area contributed by atoms with E-state index in [1.54, 1.807) is 4.72 Å². The molecule has 19 heavy (non-hydrogen) atoms. The Balaban J connectivity index is 3.27. The van der Waals surface area contributed by atoms with Gasteiger partial charge in [-0.25, -0.2) is 12.8 Å². The molecule has 0 amide bonds. The van der Waals surface area contributed by atoms with Gasteiger partial charge in [-0.3, -0.25) is 19.6 Å². The molecular formula is C9H9FN2O6S. The highest BCUT2D eigenvalue weighted by Crippen LogP contribution is 2.28. The molecular weight excluding hydrogens is 283 g/mol. The first kappa shape index (κ1) is 14.8. The summed E-state index contributed by atoms with van der Waals surface area (Å²) >= 11 is 0. The van der Waals surface area contributed by atoms with Gasteiger partial charge in [0.15, 0.2) is 16.8 Å². The molecule has 0 aliphatic rings. The third-order valence-corrected chi connectivity index (χ3v) is 3.87. The highest BCUT2D eigenvalue weighted by molar-refractivity contribution is 7.94. The van der Waals surface area contributed by atoms with Crippen molar-refractivity contribution < 1.29 is 27.6 Å². The highest BCUT2D eigenvalue weighted by atomic mass is 32.2. The van der Waals surface area contributed by atoms with Gasteiger partial charge < -0.3 is 5.11 Å². The first-order valence-electron chi connectivity index (χ1n) is 4.84. The van der Waals surface area contributed by atoms with Crippen LogP contribution in [0.25, 0.3) is 0 Å². The van der Waals surface area contributed by atoms with Gasteiger partial charge in [0.25, 0.3) is 5.69 Å². The molecule has 2 N–H and O–H groups in total. The molecule has 0 saturated carbocycles. The van der Waals surface area contributed by atoms with Crippen molar-refractivity contribution in [2.24, 2.45) is 0 Å². The molecule has 0 aliphatic carbocycles. The Hall–Kier alpha value is -2.23. The Labute approximate surface area is 107 Å². The summed E-state index contributed by atoms with van der Waals surface area (Å²) in [4.78, 5) is 20.3. The Morgan fingerprint density at radius 1 is 1.53 bits per heavy atom. The predicted octanol–water partition coefficient (Wildman–Crippen LogP) is 0.949. The summed E-state index contributed by atoms with van der Waals surface area (Å²) in [6.45, 7) is 0.858. The number of hydrogen-bond acceptors (Lipinski definition) is 5. The molecule has 0 aromatic heterocycles. The summed E-state index contributed by atoms with van der Waals surface area (Å²) in [5, 5.41) is 17.4. The fraction of sp³-hybridized carbons (Fsp3) is 0.222. The molecule has 1 atom stereocenters. The van der Waals surface area contributed by atoms with Gasteiger partial charge in [-0.1, -0.05) is 6.07 Å². The largest absolute Gasteiger partial charge is 0.480 e. The van der Waals surface area contributed by atoms with E-state index in [0.29, 0.717) is 0 Å². The molecule has 1 aromatic carbocycles. The van der Waals surface area contributed by atoms with Crippen molar-refractivity contribution in [3.63, 3.8) is 0 Å². The van der Waals surface area contributed by atoms with Crippen LogP contribution in [0.15, 0.2) is 18.2 Å². The van der Waals surface area contributed by atoms with Gasteiger partial charge in [-0.2, -0.15) is 0 Å². The number of benzene rings is 1. The molecule has 1 aromatic rings. The van der Waals surface area contributed by atoms with Gasteiger partial charge in [0.05, 0.1) is 4.92 Å². The number of carboxylic acid groups (broad SMARTS) is 1. The molecule has 0 spiro atoms. The van der Waals surface area contributed by atoms with E-state index in [9.17, 15) is 27.7 Å². The monoisotopic (exact) mass is 292 g/mol. The second-order valence-electron chi connectivity index (χ2n) is 3.52. The van der Waals surface area contributed by atoms with Crippen LogP contribution in [-0.2, 0) is 14.8 Å². The first-order chi connectivity index (χ1) is 8.66. The Bertz CT molecular complexity index is 630. The maximum atomic E-state index is 13.4. The normalized spacial score (nSPS) is 12.7. The molecule has 0 bridgehead atoms. The lowest BCUT2D eigenvalue weighted by Crippen LogP contribution is -2.32. The van der Waals surface area contributed by atoms with Crippen LogP contribution in [0.5, 0.6) is 0 Å². The van der Waals surface area contributed by atoms with E-state index in [2.05, 4.69) is 0 Å². The zero-order valence-corrected chi connectivity index (χ0v) is 10.3. The van der Waals surface area contributed by atoms with Crippen LogP contribution in [0, 0.1) is 15.9 Å². The summed E-state index contributed by atoms with van der Waals surface area (Å²) in [5.74, 6) is -2.83. The lowest BCUT2D eigenvalue weighted by atomic mass is 10.2. The number of rotatable bonds is 5. The number of nitro benzene ring substituents is 1. The topological polar surface area (TPSA) is 127 Å². The third kappa shape index (κ3) is 3.16. The quantitative estimate of drug-likeness (QED) is 0.614. The van der Waals surface area contributed by atoms with Crippen molar-refractivity contribution in [1.29, 1.82) is 0 Å². The number of carboxylic acids is 1. The van der Waals surface area contributed by atoms with E-state index < -0.39 is 43.4 Å². The number of anilines is 1. The van der Waals surface area contributed by atoms with Crippen LogP contribution >= 0.6 is 0 Å². The van der Waals surface area contributed by atoms with E-state index in [1.807, 2.05) is 0 Å². The number of halogens is 1. The van der Waals surface area contributed by atoms with Crippen molar-refractivity contribution >= 4 is 27.4 Å². The summed E-state index contributed by atoms with van der Waals surface area (Å²) in [5.41, 5.74) is -1.69. The van der Waals surface area contributed by atoms with Crippen molar-refractivity contribution in [3.8, 4) is 0 Å². The summed E-state index contributed by atoms with van der Waals surface area (Å²) in [7, 11) is -4.49. The maximum Gasteiger partial charge on any atom is 0.323 e. The number of nitro groups is 1. The van der Waals surface area contributed by atoms with E-state index in [1.165, 1.54) is 0 Å². The van der Waals surface area contributed by atoms with Crippen LogP contribution in [-0.4, -0.2) is 29.7 Å². The minimum atomic E-state index is -4.49. The van der Waals surface area contributed by atoms with Crippen molar-refractivity contribution in [2.75, 3.05) is 4.72 Å². The van der Waals surface area contributed by atoms with Crippen molar-refractivity contribution in [2.45, 2.75) is 12.2 Å². The van der Waals surface area contributed by atoms with E-state index in [-0.39, 0.29) is 0 Å². The Kier molecular flexibility index (Phi) is 4.04. The number of para-hydroxylation sites is 1. The Morgan fingerprint density at radius 2 is 2.11 bits per heavy atom. The second-order valence-corrected chi connectivity index (χ2v) is 5.52. The van der Waals surface area contributed by atoms with Gasteiger partial charge in [-0.15, -0.1) is 0 Å². The van der Waals surface area contributed by atoms with Gasteiger partial charge in [0.2, 0.25) is 10.0 Å². The lowest BCUT2D eigenvalue weighted by molar-refractivity contribution is -0.384. The molecule has 10 heteroatoms. The molecule has 0 heterocycles. The zero-order valence-electron chi connectivity index (χ0n) is 9.53. The molecule has 0 aliphatic heterocycles. The Morgan fingerprint density at radius 3 is 2.58 bits per heavy atom. The number of hydrogen-bond donors (Lipinski definition) is 2. The maximum absolute atomic E-state index is 13.4. The van der Waals surface area contributed by atoms with Gasteiger partial charge in [0.1, 0.15) is 0 Å². The summed E-state index contributed by atoms with van der Waals surface area (Å²) in [6, 6.07) is 2.74. The van der Waals surface area contributed by atoms with Gasteiger partial charge in [-0.05, 0) is 13.0 Å². The van der Waals surface area contributed by atoms with Crippen LogP contribution < -0.4 is 4.72 Å². The van der Waals surface area contributed by atoms with Crippen molar-refractivity contribution in [3.05, 3.63) is 34.1 Å². The molecule has 1 unspecified atom stereocenters. The minimum absolute atomic E-state index is 0.804. The van der Waals surface area contributed by atoms with E-state index >= 15 is 0 Å². The molecule has 0 saturated heterocycles. The predicted molar refractivity (Wildman–Crippen MR) is 62.7 cm³/mol. The summed E-state index contributed by atoms with van der Waals surface area (Å²) in [6.07, 6.45) is 0. The average Bonchev–Trinajstić information content (AvgIpc) is 2.30. The highest BCUT2D eigenvalue weighted by Gasteiger charge is 2.31. The van der Waals surface area contributed by atoms with Gasteiger partial charge >= 0.3 is 5.97 Å². The minimum Gasteiger partial charge on any atom is -0.480 e. The van der Waals surface area contributed by atoms with Crippen LogP contribution in [0.2, 0.25) is 0 Å².